The Morgan fingerprint density at radius 1 is 1.43 bits per heavy atom. The zero-order chi connectivity index (χ0) is 15.1. The molecule has 21 heavy (non-hydrogen) atoms. The van der Waals surface area contributed by atoms with Gasteiger partial charge in [0, 0.05) is 45.7 Å². The molecule has 2 saturated heterocycles. The molecule has 0 aromatic carbocycles. The van der Waals surface area contributed by atoms with Gasteiger partial charge in [-0.15, -0.1) is 0 Å². The number of rotatable bonds is 6. The van der Waals surface area contributed by atoms with Crippen LogP contribution in [0.25, 0.3) is 0 Å². The van der Waals surface area contributed by atoms with Crippen molar-refractivity contribution in [2.45, 2.75) is 12.8 Å². The van der Waals surface area contributed by atoms with E-state index in [-0.39, 0.29) is 24.2 Å². The van der Waals surface area contributed by atoms with E-state index in [0.717, 1.165) is 32.8 Å². The fraction of sp³-hybridized carbons (Fsp3) is 0.786. The lowest BCUT2D eigenvalue weighted by Gasteiger charge is -2.30. The third-order valence-corrected chi connectivity index (χ3v) is 3.92. The lowest BCUT2D eigenvalue weighted by Crippen LogP contribution is -2.45. The SMILES string of the molecule is N#CCCN(CCN1CCOCC1)C(=O)C1CNC(=O)C1. The summed E-state index contributed by atoms with van der Waals surface area (Å²) >= 11 is 0. The third-order valence-electron chi connectivity index (χ3n) is 3.92. The predicted octanol–water partition coefficient (Wildman–Crippen LogP) is -0.803. The first-order valence-electron chi connectivity index (χ1n) is 7.43. The van der Waals surface area contributed by atoms with Crippen LogP contribution in [-0.4, -0.2) is 74.1 Å². The summed E-state index contributed by atoms with van der Waals surface area (Å²) in [5.41, 5.74) is 0. The smallest absolute Gasteiger partial charge is 0.228 e. The fourth-order valence-corrected chi connectivity index (χ4v) is 2.64. The summed E-state index contributed by atoms with van der Waals surface area (Å²) in [6, 6.07) is 2.08. The van der Waals surface area contributed by atoms with Gasteiger partial charge >= 0.3 is 0 Å². The molecule has 1 N–H and O–H groups in total. The molecular weight excluding hydrogens is 272 g/mol. The van der Waals surface area contributed by atoms with Gasteiger partial charge in [0.05, 0.1) is 31.6 Å². The van der Waals surface area contributed by atoms with E-state index in [4.69, 9.17) is 10.00 Å². The van der Waals surface area contributed by atoms with Gasteiger partial charge in [-0.1, -0.05) is 0 Å². The second-order valence-electron chi connectivity index (χ2n) is 5.39. The summed E-state index contributed by atoms with van der Waals surface area (Å²) in [5.74, 6) is -0.362. The standard InChI is InChI=1S/C14H22N4O3/c15-2-1-3-18(5-4-17-6-8-21-9-7-17)14(20)12-10-13(19)16-11-12/h12H,1,3-11H2,(H,16,19). The molecule has 2 fully saturated rings. The molecule has 1 unspecified atom stereocenters. The van der Waals surface area contributed by atoms with Gasteiger partial charge in [0.25, 0.3) is 0 Å². The minimum atomic E-state index is -0.277. The van der Waals surface area contributed by atoms with Crippen LogP contribution in [0.2, 0.25) is 0 Å². The number of nitriles is 1. The van der Waals surface area contributed by atoms with Crippen LogP contribution in [0.5, 0.6) is 0 Å². The maximum atomic E-state index is 12.5. The number of nitrogens with zero attached hydrogens (tertiary/aromatic N) is 3. The Labute approximate surface area is 124 Å². The third kappa shape index (κ3) is 4.69. The van der Waals surface area contributed by atoms with Crippen LogP contribution >= 0.6 is 0 Å². The summed E-state index contributed by atoms with van der Waals surface area (Å²) < 4.78 is 5.30. The molecule has 0 spiro atoms. The molecule has 2 aliphatic heterocycles. The van der Waals surface area contributed by atoms with Gasteiger partial charge in [0.2, 0.25) is 11.8 Å². The lowest BCUT2D eigenvalue weighted by molar-refractivity contribution is -0.136. The van der Waals surface area contributed by atoms with E-state index < -0.39 is 0 Å². The summed E-state index contributed by atoms with van der Waals surface area (Å²) in [5, 5.41) is 11.4. The molecule has 2 aliphatic rings. The first-order chi connectivity index (χ1) is 10.2. The van der Waals surface area contributed by atoms with Crippen molar-refractivity contribution in [3.63, 3.8) is 0 Å². The van der Waals surface area contributed by atoms with E-state index >= 15 is 0 Å². The molecule has 0 bridgehead atoms. The predicted molar refractivity (Wildman–Crippen MR) is 75.2 cm³/mol. The minimum absolute atomic E-state index is 0.0168. The molecule has 0 aliphatic carbocycles. The highest BCUT2D eigenvalue weighted by molar-refractivity contribution is 5.89. The van der Waals surface area contributed by atoms with Gasteiger partial charge in [-0.3, -0.25) is 14.5 Å². The highest BCUT2D eigenvalue weighted by Gasteiger charge is 2.31. The molecule has 1 atom stereocenters. The highest BCUT2D eigenvalue weighted by Crippen LogP contribution is 2.13. The monoisotopic (exact) mass is 294 g/mol. The molecule has 0 aromatic rings. The van der Waals surface area contributed by atoms with Crippen molar-refractivity contribution in [2.24, 2.45) is 5.92 Å². The van der Waals surface area contributed by atoms with Gasteiger partial charge in [-0.2, -0.15) is 5.26 Å². The topological polar surface area (TPSA) is 85.7 Å². The molecule has 116 valence electrons. The Balaban J connectivity index is 1.85. The maximum Gasteiger partial charge on any atom is 0.228 e. The zero-order valence-corrected chi connectivity index (χ0v) is 12.2. The van der Waals surface area contributed by atoms with E-state index in [2.05, 4.69) is 16.3 Å². The van der Waals surface area contributed by atoms with Gasteiger partial charge in [0.1, 0.15) is 0 Å². The summed E-state index contributed by atoms with van der Waals surface area (Å²) in [6.45, 7) is 5.45. The van der Waals surface area contributed by atoms with E-state index in [1.807, 2.05) is 0 Å². The van der Waals surface area contributed by atoms with Gasteiger partial charge in [-0.25, -0.2) is 0 Å². The van der Waals surface area contributed by atoms with Crippen molar-refractivity contribution in [1.29, 1.82) is 5.26 Å². The number of hydrogen-bond donors (Lipinski definition) is 1. The Kier molecular flexibility index (Phi) is 5.96. The van der Waals surface area contributed by atoms with Gasteiger partial charge in [-0.05, 0) is 0 Å². The molecule has 0 saturated carbocycles. The minimum Gasteiger partial charge on any atom is -0.379 e. The van der Waals surface area contributed by atoms with Crippen LogP contribution in [-0.2, 0) is 14.3 Å². The van der Waals surface area contributed by atoms with E-state index in [9.17, 15) is 9.59 Å². The number of hydrogen-bond acceptors (Lipinski definition) is 5. The summed E-state index contributed by atoms with van der Waals surface area (Å²) in [7, 11) is 0. The van der Waals surface area contributed by atoms with Crippen LogP contribution in [0, 0.1) is 17.2 Å². The van der Waals surface area contributed by atoms with Crippen molar-refractivity contribution in [2.75, 3.05) is 52.5 Å². The van der Waals surface area contributed by atoms with Crippen LogP contribution in [0.3, 0.4) is 0 Å². The van der Waals surface area contributed by atoms with Gasteiger partial charge in [0.15, 0.2) is 0 Å². The molecule has 7 heteroatoms. The Morgan fingerprint density at radius 3 is 2.81 bits per heavy atom. The van der Waals surface area contributed by atoms with E-state index in [1.165, 1.54) is 0 Å². The summed E-state index contributed by atoms with van der Waals surface area (Å²) in [6.07, 6.45) is 0.586. The van der Waals surface area contributed by atoms with Crippen molar-refractivity contribution < 1.29 is 14.3 Å². The van der Waals surface area contributed by atoms with Crippen molar-refractivity contribution >= 4 is 11.8 Å². The molecular formula is C14H22N4O3. The number of nitrogens with one attached hydrogen (secondary N) is 1. The lowest BCUT2D eigenvalue weighted by atomic mass is 10.1. The first kappa shape index (κ1) is 15.7. The Bertz CT molecular complexity index is 415. The number of carbonyl (C=O) groups is 2. The van der Waals surface area contributed by atoms with Crippen LogP contribution in [0.4, 0.5) is 0 Å². The van der Waals surface area contributed by atoms with E-state index in [1.54, 1.807) is 4.90 Å². The molecule has 2 heterocycles. The van der Waals surface area contributed by atoms with E-state index in [0.29, 0.717) is 26.1 Å². The number of carbonyl (C=O) groups excluding carboxylic acids is 2. The zero-order valence-electron chi connectivity index (χ0n) is 12.2. The Hall–Kier alpha value is -1.65. The number of amides is 2. The second-order valence-corrected chi connectivity index (χ2v) is 5.39. The number of morpholine rings is 1. The molecule has 7 nitrogen and oxygen atoms in total. The first-order valence-corrected chi connectivity index (χ1v) is 7.43. The quantitative estimate of drug-likeness (QED) is 0.693. The summed E-state index contributed by atoms with van der Waals surface area (Å²) in [4.78, 5) is 27.7. The molecule has 0 aromatic heterocycles. The average molecular weight is 294 g/mol. The largest absolute Gasteiger partial charge is 0.379 e. The number of ether oxygens (including phenoxy) is 1. The maximum absolute atomic E-state index is 12.5. The van der Waals surface area contributed by atoms with Crippen LogP contribution < -0.4 is 5.32 Å². The fourth-order valence-electron chi connectivity index (χ4n) is 2.64. The van der Waals surface area contributed by atoms with Crippen LogP contribution in [0.15, 0.2) is 0 Å². The van der Waals surface area contributed by atoms with Gasteiger partial charge < -0.3 is 15.0 Å². The van der Waals surface area contributed by atoms with Crippen molar-refractivity contribution in [1.82, 2.24) is 15.1 Å². The second kappa shape index (κ2) is 7.96. The van der Waals surface area contributed by atoms with Crippen LogP contribution in [0.1, 0.15) is 12.8 Å². The normalized spacial score (nSPS) is 22.6. The average Bonchev–Trinajstić information content (AvgIpc) is 2.94. The highest BCUT2D eigenvalue weighted by atomic mass is 16.5. The molecule has 0 radical (unpaired) electrons. The molecule has 2 rings (SSSR count). The van der Waals surface area contributed by atoms with Crippen molar-refractivity contribution in [3.8, 4) is 6.07 Å². The van der Waals surface area contributed by atoms with Crippen molar-refractivity contribution in [3.05, 3.63) is 0 Å². The Morgan fingerprint density at radius 2 is 2.19 bits per heavy atom. The molecule has 2 amide bonds.